The van der Waals surface area contributed by atoms with E-state index >= 15 is 0 Å². The van der Waals surface area contributed by atoms with E-state index in [9.17, 15) is 9.90 Å². The number of benzene rings is 1. The van der Waals surface area contributed by atoms with Crippen LogP contribution >= 0.6 is 0 Å². The number of hydrogen-bond donors (Lipinski definition) is 0. The third kappa shape index (κ3) is 7.41. The maximum absolute atomic E-state index is 10.1. The number of carboxylic acids is 1. The van der Waals surface area contributed by atoms with Crippen LogP contribution < -0.4 is 5.11 Å². The Morgan fingerprint density at radius 2 is 1.23 bits per heavy atom. The van der Waals surface area contributed by atoms with Crippen LogP contribution in [0, 0.1) is 0 Å². The van der Waals surface area contributed by atoms with Crippen molar-refractivity contribution in [3.8, 4) is 0 Å². The molecule has 0 radical (unpaired) electrons. The predicted molar refractivity (Wildman–Crippen MR) is 91.3 cm³/mol. The summed E-state index contributed by atoms with van der Waals surface area (Å²) in [5, 5.41) is 10.1. The second kappa shape index (κ2) is 11.3. The van der Waals surface area contributed by atoms with Gasteiger partial charge in [-0.25, -0.2) is 0 Å². The molecule has 1 aromatic rings. The Labute approximate surface area is 133 Å². The van der Waals surface area contributed by atoms with Crippen LogP contribution in [0.1, 0.15) is 10.4 Å². The highest BCUT2D eigenvalue weighted by atomic mass is 16.4. The SMILES string of the molecule is C=CC[N+](CC=C)(CC=C)CC=C.O=C([O-])c1ccccc1. The van der Waals surface area contributed by atoms with Crippen molar-refractivity contribution in [3.05, 3.63) is 86.5 Å². The van der Waals surface area contributed by atoms with Crippen LogP contribution in [0.4, 0.5) is 0 Å². The van der Waals surface area contributed by atoms with Crippen molar-refractivity contribution in [1.29, 1.82) is 0 Å². The molecule has 0 spiro atoms. The third-order valence-corrected chi connectivity index (χ3v) is 3.08. The van der Waals surface area contributed by atoms with Crippen molar-refractivity contribution in [2.45, 2.75) is 0 Å². The summed E-state index contributed by atoms with van der Waals surface area (Å²) in [6, 6.07) is 8.06. The first-order valence-electron chi connectivity index (χ1n) is 7.10. The zero-order valence-corrected chi connectivity index (χ0v) is 13.1. The van der Waals surface area contributed by atoms with Gasteiger partial charge in [0.15, 0.2) is 0 Å². The van der Waals surface area contributed by atoms with Gasteiger partial charge in [0.25, 0.3) is 0 Å². The van der Waals surface area contributed by atoms with Gasteiger partial charge in [0.2, 0.25) is 0 Å². The molecule has 3 heteroatoms. The Kier molecular flexibility index (Phi) is 10.1. The molecule has 118 valence electrons. The van der Waals surface area contributed by atoms with Crippen molar-refractivity contribution < 1.29 is 14.4 Å². The van der Waals surface area contributed by atoms with Crippen molar-refractivity contribution in [2.24, 2.45) is 0 Å². The first kappa shape index (κ1) is 19.6. The molecule has 1 rings (SSSR count). The number of nitrogens with zero attached hydrogens (tertiary/aromatic N) is 1. The van der Waals surface area contributed by atoms with E-state index in [0.29, 0.717) is 0 Å². The molecule has 22 heavy (non-hydrogen) atoms. The summed E-state index contributed by atoms with van der Waals surface area (Å²) in [6.07, 6.45) is 7.76. The molecule has 0 atom stereocenters. The van der Waals surface area contributed by atoms with E-state index in [1.807, 2.05) is 24.3 Å². The van der Waals surface area contributed by atoms with Crippen LogP contribution in [-0.4, -0.2) is 36.6 Å². The molecule has 0 saturated carbocycles. The number of rotatable bonds is 9. The van der Waals surface area contributed by atoms with Gasteiger partial charge < -0.3 is 14.4 Å². The van der Waals surface area contributed by atoms with Crippen LogP contribution in [0.5, 0.6) is 0 Å². The smallest absolute Gasteiger partial charge is 0.0978 e. The minimum absolute atomic E-state index is 0.220. The monoisotopic (exact) mass is 299 g/mol. The fourth-order valence-electron chi connectivity index (χ4n) is 2.12. The summed E-state index contributed by atoms with van der Waals surface area (Å²) in [5.74, 6) is -1.13. The van der Waals surface area contributed by atoms with Gasteiger partial charge in [-0.05, 0) is 29.9 Å². The zero-order chi connectivity index (χ0) is 16.8. The van der Waals surface area contributed by atoms with Crippen LogP contribution in [0.25, 0.3) is 0 Å². The summed E-state index contributed by atoms with van der Waals surface area (Å²) >= 11 is 0. The molecule has 0 heterocycles. The van der Waals surface area contributed by atoms with Crippen LogP contribution in [0.3, 0.4) is 0 Å². The topological polar surface area (TPSA) is 40.1 Å². The fraction of sp³-hybridized carbons (Fsp3) is 0.211. The lowest BCUT2D eigenvalue weighted by atomic mass is 10.2. The molecule has 0 aliphatic carbocycles. The van der Waals surface area contributed by atoms with Crippen molar-refractivity contribution in [3.63, 3.8) is 0 Å². The van der Waals surface area contributed by atoms with E-state index in [1.54, 1.807) is 18.2 Å². The van der Waals surface area contributed by atoms with Gasteiger partial charge in [0, 0.05) is 0 Å². The normalized spacial score (nSPS) is 9.82. The fourth-order valence-corrected chi connectivity index (χ4v) is 2.12. The summed E-state index contributed by atoms with van der Waals surface area (Å²) in [7, 11) is 0. The van der Waals surface area contributed by atoms with Crippen molar-refractivity contribution in [1.82, 2.24) is 0 Å². The third-order valence-electron chi connectivity index (χ3n) is 3.08. The second-order valence-electron chi connectivity index (χ2n) is 4.88. The molecule has 3 nitrogen and oxygen atoms in total. The highest BCUT2D eigenvalue weighted by Gasteiger charge is 2.20. The molecule has 0 aliphatic heterocycles. The molecule has 1 aromatic carbocycles. The Hall–Kier alpha value is -2.39. The molecule has 0 amide bonds. The standard InChI is InChI=1S/C12H20N.C7H6O2/c1-5-9-13(10-6-2,11-7-3)12-8-4;8-7(9)6-4-2-1-3-5-6/h5-8H,1-4,9-12H2;1-5H,(H,8,9)/q+1;/p-1. The highest BCUT2D eigenvalue weighted by Crippen LogP contribution is 2.07. The van der Waals surface area contributed by atoms with Crippen LogP contribution in [0.2, 0.25) is 0 Å². The number of carboxylic acid groups (broad SMARTS) is 1. The summed E-state index contributed by atoms with van der Waals surface area (Å²) in [5.41, 5.74) is 0.220. The van der Waals surface area contributed by atoms with E-state index in [1.165, 1.54) is 12.1 Å². The first-order chi connectivity index (χ1) is 10.5. The van der Waals surface area contributed by atoms with Crippen LogP contribution in [-0.2, 0) is 0 Å². The lowest BCUT2D eigenvalue weighted by Gasteiger charge is -2.35. The average molecular weight is 299 g/mol. The number of carbonyl (C=O) groups is 1. The van der Waals surface area contributed by atoms with Crippen LogP contribution in [0.15, 0.2) is 81.0 Å². The van der Waals surface area contributed by atoms with Gasteiger partial charge in [-0.1, -0.05) is 56.6 Å². The van der Waals surface area contributed by atoms with E-state index in [2.05, 4.69) is 26.3 Å². The number of quaternary nitrogens is 1. The molecule has 0 N–H and O–H groups in total. The van der Waals surface area contributed by atoms with E-state index in [-0.39, 0.29) is 5.56 Å². The lowest BCUT2D eigenvalue weighted by Crippen LogP contribution is -2.48. The van der Waals surface area contributed by atoms with Crippen molar-refractivity contribution >= 4 is 5.97 Å². The lowest BCUT2D eigenvalue weighted by molar-refractivity contribution is -0.906. The molecular weight excluding hydrogens is 274 g/mol. The first-order valence-corrected chi connectivity index (χ1v) is 7.10. The highest BCUT2D eigenvalue weighted by molar-refractivity contribution is 5.85. The summed E-state index contributed by atoms with van der Waals surface area (Å²) in [6.45, 7) is 18.8. The maximum atomic E-state index is 10.1. The zero-order valence-electron chi connectivity index (χ0n) is 13.1. The van der Waals surface area contributed by atoms with E-state index in [4.69, 9.17) is 0 Å². The Morgan fingerprint density at radius 3 is 1.45 bits per heavy atom. The molecule has 0 unspecified atom stereocenters. The van der Waals surface area contributed by atoms with Gasteiger partial charge in [-0.15, -0.1) is 0 Å². The quantitative estimate of drug-likeness (QED) is 0.519. The number of aromatic carboxylic acids is 1. The molecule has 0 aliphatic rings. The molecule has 0 saturated heterocycles. The number of carbonyl (C=O) groups excluding carboxylic acids is 1. The minimum Gasteiger partial charge on any atom is -0.545 e. The minimum atomic E-state index is -1.13. The van der Waals surface area contributed by atoms with Crippen molar-refractivity contribution in [2.75, 3.05) is 26.2 Å². The molecular formula is C19H25NO2. The van der Waals surface area contributed by atoms with Gasteiger partial charge in [0.1, 0.15) is 0 Å². The Balaban J connectivity index is 0.000000425. The average Bonchev–Trinajstić information content (AvgIpc) is 2.50. The van der Waals surface area contributed by atoms with Gasteiger partial charge in [0.05, 0.1) is 32.1 Å². The van der Waals surface area contributed by atoms with Gasteiger partial charge in [-0.3, -0.25) is 0 Å². The summed E-state index contributed by atoms with van der Waals surface area (Å²) < 4.78 is 0.903. The Morgan fingerprint density at radius 1 is 0.864 bits per heavy atom. The van der Waals surface area contributed by atoms with E-state index in [0.717, 1.165) is 30.7 Å². The second-order valence-corrected chi connectivity index (χ2v) is 4.88. The molecule has 0 bridgehead atoms. The summed E-state index contributed by atoms with van der Waals surface area (Å²) in [4.78, 5) is 10.1. The molecule has 0 aromatic heterocycles. The van der Waals surface area contributed by atoms with Gasteiger partial charge >= 0.3 is 0 Å². The molecule has 0 fully saturated rings. The Bertz CT molecular complexity index is 446. The van der Waals surface area contributed by atoms with Gasteiger partial charge in [-0.2, -0.15) is 0 Å². The van der Waals surface area contributed by atoms with E-state index < -0.39 is 5.97 Å². The largest absolute Gasteiger partial charge is 0.545 e. The number of hydrogen-bond acceptors (Lipinski definition) is 2. The predicted octanol–water partition coefficient (Wildman–Crippen LogP) is 2.60. The maximum Gasteiger partial charge on any atom is 0.0978 e.